The van der Waals surface area contributed by atoms with Crippen molar-refractivity contribution < 1.29 is 20.3 Å². The Morgan fingerprint density at radius 2 is 1.95 bits per heavy atom. The minimum atomic E-state index is -1.31. The number of aromatic amines is 1. The lowest BCUT2D eigenvalue weighted by molar-refractivity contribution is -0.991. The first-order valence-electron chi connectivity index (χ1n) is 5.58. The fourth-order valence-electron chi connectivity index (χ4n) is 1.87. The van der Waals surface area contributed by atoms with Crippen LogP contribution in [0.5, 0.6) is 5.75 Å². The number of aromatic hydroxyl groups is 1. The van der Waals surface area contributed by atoms with Crippen molar-refractivity contribution in [3.63, 3.8) is 0 Å². The molecule has 1 aromatic carbocycles. The number of phenolic OH excluding ortho intramolecular Hbond substituents is 1. The van der Waals surface area contributed by atoms with E-state index >= 15 is 0 Å². The number of hydrogen-bond acceptors (Lipinski definition) is 4. The summed E-state index contributed by atoms with van der Waals surface area (Å²) in [4.78, 5) is 14.9. The molecule has 112 valence electrons. The predicted octanol–water partition coefficient (Wildman–Crippen LogP) is 2.62. The van der Waals surface area contributed by atoms with Crippen molar-refractivity contribution in [2.24, 2.45) is 0 Å². The minimum absolute atomic E-state index is 0.0309. The number of H-pyrrole nitrogens is 1. The average Bonchev–Trinajstić information content (AvgIpc) is 2.69. The average molecular weight is 352 g/mol. The summed E-state index contributed by atoms with van der Waals surface area (Å²) < 4.78 is 0. The van der Waals surface area contributed by atoms with Crippen LogP contribution in [0.25, 0.3) is 0 Å². The summed E-state index contributed by atoms with van der Waals surface area (Å²) in [5.41, 5.74) is -0.507. The molecule has 0 saturated carbocycles. The van der Waals surface area contributed by atoms with Gasteiger partial charge in [0, 0.05) is 5.02 Å². The van der Waals surface area contributed by atoms with Gasteiger partial charge in [-0.05, 0) is 19.1 Å². The molecule has 1 atom stereocenters. The molecule has 0 aliphatic rings. The molecule has 0 aliphatic carbocycles. The first kappa shape index (κ1) is 16.1. The fourth-order valence-corrected chi connectivity index (χ4v) is 2.56. The van der Waals surface area contributed by atoms with E-state index < -0.39 is 16.8 Å². The van der Waals surface area contributed by atoms with Gasteiger partial charge >= 0.3 is 0 Å². The molecule has 2 aromatic rings. The van der Waals surface area contributed by atoms with Crippen molar-refractivity contribution in [3.8, 4) is 5.75 Å². The van der Waals surface area contributed by atoms with Crippen LogP contribution in [0.15, 0.2) is 12.1 Å². The summed E-state index contributed by atoms with van der Waals surface area (Å²) in [6, 6.07) is 2.46. The molecule has 21 heavy (non-hydrogen) atoms. The van der Waals surface area contributed by atoms with Gasteiger partial charge in [-0.2, -0.15) is 5.23 Å². The highest BCUT2D eigenvalue weighted by Gasteiger charge is 2.28. The third-order valence-electron chi connectivity index (χ3n) is 2.90. The number of hydrogen-bond donors (Lipinski definition) is 4. The summed E-state index contributed by atoms with van der Waals surface area (Å²) in [5.74, 6) is -1.25. The van der Waals surface area contributed by atoms with Gasteiger partial charge in [0.25, 0.3) is 0 Å². The molecule has 6 nitrogen and oxygen atoms in total. The van der Waals surface area contributed by atoms with Gasteiger partial charge in [-0.15, -0.1) is 0 Å². The Bertz CT molecular complexity index is 728. The molecule has 2 rings (SSSR count). The van der Waals surface area contributed by atoms with Crippen LogP contribution in [0.1, 0.15) is 21.6 Å². The largest absolute Gasteiger partial charge is 0.595 e. The number of quaternary nitrogens is 1. The number of carbonyl (C=O) groups is 1. The van der Waals surface area contributed by atoms with Crippen molar-refractivity contribution in [1.29, 1.82) is 0 Å². The van der Waals surface area contributed by atoms with Gasteiger partial charge in [0.2, 0.25) is 5.78 Å². The highest BCUT2D eigenvalue weighted by molar-refractivity contribution is 6.37. The van der Waals surface area contributed by atoms with E-state index in [9.17, 15) is 20.3 Å². The van der Waals surface area contributed by atoms with E-state index in [0.29, 0.717) is 0 Å². The SMILES string of the molecule is Cc1c(Cl)[nH]c(C(=O)c2cc(Cl)cc(Cl)c2O)c1[NH+]([O-])O. The van der Waals surface area contributed by atoms with E-state index in [-0.39, 0.29) is 37.7 Å². The Morgan fingerprint density at radius 1 is 1.33 bits per heavy atom. The first-order valence-corrected chi connectivity index (χ1v) is 6.71. The van der Waals surface area contributed by atoms with Gasteiger partial charge in [-0.25, -0.2) is 5.21 Å². The number of carbonyl (C=O) groups excluding carboxylic acids is 1. The second kappa shape index (κ2) is 5.84. The molecule has 0 saturated heterocycles. The highest BCUT2D eigenvalue weighted by Crippen LogP contribution is 2.34. The van der Waals surface area contributed by atoms with Crippen LogP contribution in [-0.4, -0.2) is 21.1 Å². The van der Waals surface area contributed by atoms with E-state index in [2.05, 4.69) is 4.98 Å². The lowest BCUT2D eigenvalue weighted by atomic mass is 10.1. The first-order chi connectivity index (χ1) is 9.73. The molecule has 0 radical (unpaired) electrons. The van der Waals surface area contributed by atoms with E-state index in [1.54, 1.807) is 0 Å². The molecule has 0 aliphatic heterocycles. The van der Waals surface area contributed by atoms with Gasteiger partial charge in [0.15, 0.2) is 11.4 Å². The quantitative estimate of drug-likeness (QED) is 0.504. The van der Waals surface area contributed by atoms with Crippen LogP contribution in [0.3, 0.4) is 0 Å². The topological polar surface area (TPSA) is 101 Å². The smallest absolute Gasteiger partial charge is 0.219 e. The van der Waals surface area contributed by atoms with E-state index in [1.807, 2.05) is 0 Å². The minimum Gasteiger partial charge on any atom is -0.595 e. The third-order valence-corrected chi connectivity index (χ3v) is 3.79. The molecular weight excluding hydrogens is 343 g/mol. The van der Waals surface area contributed by atoms with Gasteiger partial charge in [0.1, 0.15) is 10.9 Å². The molecule has 0 bridgehead atoms. The Hall–Kier alpha value is -1.28. The van der Waals surface area contributed by atoms with Gasteiger partial charge in [0.05, 0.1) is 16.1 Å². The maximum atomic E-state index is 12.4. The van der Waals surface area contributed by atoms with Crippen LogP contribution < -0.4 is 5.23 Å². The zero-order chi connectivity index (χ0) is 15.9. The number of rotatable bonds is 3. The Morgan fingerprint density at radius 3 is 2.52 bits per heavy atom. The van der Waals surface area contributed by atoms with Crippen molar-refractivity contribution in [3.05, 3.63) is 49.4 Å². The van der Waals surface area contributed by atoms with Gasteiger partial charge in [-0.1, -0.05) is 34.8 Å². The van der Waals surface area contributed by atoms with E-state index in [1.165, 1.54) is 19.1 Å². The van der Waals surface area contributed by atoms with Crippen LogP contribution >= 0.6 is 34.8 Å². The van der Waals surface area contributed by atoms with Crippen LogP contribution in [0.4, 0.5) is 5.69 Å². The summed E-state index contributed by atoms with van der Waals surface area (Å²) >= 11 is 17.4. The standard InChI is InChI=1S/C12H9Cl3N2O4/c1-4-9(17(20)21)8(16-12(4)15)11(19)6-2-5(13)3-7(14)10(6)18/h2-3,16-18,20H,1H3. The summed E-state index contributed by atoms with van der Waals surface area (Å²) in [5, 5.41) is 29.0. The van der Waals surface area contributed by atoms with Crippen LogP contribution in [-0.2, 0) is 0 Å². The van der Waals surface area contributed by atoms with Gasteiger partial charge in [-0.3, -0.25) is 4.79 Å². The molecule has 0 fully saturated rings. The number of aromatic nitrogens is 1. The molecule has 1 unspecified atom stereocenters. The summed E-state index contributed by atoms with van der Waals surface area (Å²) in [6.45, 7) is 1.46. The maximum absolute atomic E-state index is 12.4. The highest BCUT2D eigenvalue weighted by atomic mass is 35.5. The van der Waals surface area contributed by atoms with Crippen molar-refractivity contribution >= 4 is 46.3 Å². The van der Waals surface area contributed by atoms with Crippen LogP contribution in [0, 0.1) is 12.1 Å². The molecular formula is C12H9Cl3N2O4. The predicted molar refractivity (Wildman–Crippen MR) is 77.9 cm³/mol. The Balaban J connectivity index is 2.64. The number of ketones is 1. The lowest BCUT2D eigenvalue weighted by Gasteiger charge is -2.13. The molecule has 9 heteroatoms. The number of nitrogens with one attached hydrogen (secondary N) is 2. The normalized spacial score (nSPS) is 12.5. The maximum Gasteiger partial charge on any atom is 0.219 e. The summed E-state index contributed by atoms with van der Waals surface area (Å²) in [6.07, 6.45) is 0. The van der Waals surface area contributed by atoms with Crippen LogP contribution in [0.2, 0.25) is 15.2 Å². The third kappa shape index (κ3) is 2.87. The van der Waals surface area contributed by atoms with E-state index in [4.69, 9.17) is 34.8 Å². The summed E-state index contributed by atoms with van der Waals surface area (Å²) in [7, 11) is 0. The Kier molecular flexibility index (Phi) is 4.48. The molecule has 1 heterocycles. The number of halogens is 3. The van der Waals surface area contributed by atoms with Crippen molar-refractivity contribution in [1.82, 2.24) is 4.98 Å². The number of phenols is 1. The monoisotopic (exact) mass is 350 g/mol. The zero-order valence-corrected chi connectivity index (χ0v) is 12.8. The molecule has 0 spiro atoms. The van der Waals surface area contributed by atoms with Crippen molar-refractivity contribution in [2.45, 2.75) is 6.92 Å². The molecule has 0 amide bonds. The zero-order valence-electron chi connectivity index (χ0n) is 10.5. The second-order valence-corrected chi connectivity index (χ2v) is 5.45. The number of benzene rings is 1. The van der Waals surface area contributed by atoms with E-state index in [0.717, 1.165) is 0 Å². The van der Waals surface area contributed by atoms with Crippen molar-refractivity contribution in [2.75, 3.05) is 0 Å². The molecule has 4 N–H and O–H groups in total. The fraction of sp³-hybridized carbons (Fsp3) is 0.0833. The molecule has 1 aromatic heterocycles. The second-order valence-electron chi connectivity index (χ2n) is 4.23. The van der Waals surface area contributed by atoms with Gasteiger partial charge < -0.3 is 15.3 Å². The lowest BCUT2D eigenvalue weighted by Crippen LogP contribution is -2.99. The Labute approximate surface area is 134 Å².